The Balaban J connectivity index is 2.35. The van der Waals surface area contributed by atoms with E-state index in [0.29, 0.717) is 12.8 Å². The van der Waals surface area contributed by atoms with E-state index in [2.05, 4.69) is 98.9 Å². The number of hydrogen-bond donors (Lipinski definition) is 4. The summed E-state index contributed by atoms with van der Waals surface area (Å²) in [7, 11) is 0. The average molecular weight is 855 g/mol. The molecule has 1 saturated heterocycles. The van der Waals surface area contributed by atoms with Crippen LogP contribution in [-0.4, -0.2) is 89.0 Å². The predicted octanol–water partition coefficient (Wildman–Crippen LogP) is 10.3. The minimum Gasteiger partial charge on any atom is -0.462 e. The smallest absolute Gasteiger partial charge is 0.306 e. The van der Waals surface area contributed by atoms with Gasteiger partial charge < -0.3 is 39.4 Å². The highest BCUT2D eigenvalue weighted by Gasteiger charge is 2.44. The number of aliphatic hydroxyl groups is 4. The fraction of sp³-hybridized carbons (Fsp3) is 0.647. The van der Waals surface area contributed by atoms with Crippen molar-refractivity contribution in [3.05, 3.63) is 97.2 Å². The van der Waals surface area contributed by atoms with Crippen molar-refractivity contribution in [1.29, 1.82) is 0 Å². The maximum absolute atomic E-state index is 12.7. The van der Waals surface area contributed by atoms with Gasteiger partial charge in [-0.2, -0.15) is 0 Å². The van der Waals surface area contributed by atoms with Crippen LogP contribution in [0, 0.1) is 0 Å². The number of esters is 2. The molecule has 0 radical (unpaired) electrons. The van der Waals surface area contributed by atoms with Gasteiger partial charge in [-0.3, -0.25) is 9.59 Å². The number of hydrogen-bond acceptors (Lipinski definition) is 10. The second-order valence-corrected chi connectivity index (χ2v) is 15.5. The van der Waals surface area contributed by atoms with Gasteiger partial charge >= 0.3 is 11.9 Å². The Morgan fingerprint density at radius 1 is 0.525 bits per heavy atom. The quantitative estimate of drug-likeness (QED) is 0.0270. The van der Waals surface area contributed by atoms with Crippen LogP contribution >= 0.6 is 0 Å². The molecule has 3 unspecified atom stereocenters. The number of carbonyl (C=O) groups is 2. The molecule has 1 aliphatic rings. The predicted molar refractivity (Wildman–Crippen MR) is 247 cm³/mol. The molecule has 0 amide bonds. The van der Waals surface area contributed by atoms with Gasteiger partial charge in [-0.05, 0) is 83.5 Å². The van der Waals surface area contributed by atoms with Crippen molar-refractivity contribution in [2.24, 2.45) is 0 Å². The molecule has 10 heteroatoms. The van der Waals surface area contributed by atoms with E-state index < -0.39 is 55.4 Å². The standard InChI is InChI=1S/C51H82O10/c1-3-5-7-9-11-13-15-17-18-19-20-21-22-23-24-25-26-28-29-31-33-35-37-39-46(53)58-42-44(43-59-51-50(57)49(56)48(55)45(41-52)61-51)60-47(54)40-38-36-34-32-30-27-16-14-12-10-8-6-4-2/h5,7,11,13,17-18,20-21,23-24,26-28,30,34,36,44-45,48-52,55-57H,3-4,6,8-10,12,14-16,19,22,25,29,31-33,35,37-43H2,1-2H3/b7-5+,13-11+,18-17+,21-20+,24-23+,28-26+,30-27+,36-34+/t44?,45-,48+,49?,50?,51-/m0/s1. The van der Waals surface area contributed by atoms with Gasteiger partial charge in [-0.25, -0.2) is 0 Å². The molecule has 4 N–H and O–H groups in total. The van der Waals surface area contributed by atoms with Crippen LogP contribution in [-0.2, 0) is 28.5 Å². The zero-order chi connectivity index (χ0) is 44.4. The van der Waals surface area contributed by atoms with E-state index in [4.69, 9.17) is 18.9 Å². The maximum Gasteiger partial charge on any atom is 0.306 e. The van der Waals surface area contributed by atoms with Crippen LogP contribution in [0.15, 0.2) is 97.2 Å². The summed E-state index contributed by atoms with van der Waals surface area (Å²) in [4.78, 5) is 25.3. The lowest BCUT2D eigenvalue weighted by Crippen LogP contribution is -2.59. The summed E-state index contributed by atoms with van der Waals surface area (Å²) < 4.78 is 22.1. The third-order valence-electron chi connectivity index (χ3n) is 9.97. The Bertz CT molecular complexity index is 1310. The highest BCUT2D eigenvalue weighted by atomic mass is 16.7. The van der Waals surface area contributed by atoms with Crippen LogP contribution in [0.25, 0.3) is 0 Å². The Morgan fingerprint density at radius 3 is 1.52 bits per heavy atom. The van der Waals surface area contributed by atoms with Crippen LogP contribution in [0.3, 0.4) is 0 Å². The van der Waals surface area contributed by atoms with Gasteiger partial charge in [-0.15, -0.1) is 0 Å². The largest absolute Gasteiger partial charge is 0.462 e. The lowest BCUT2D eigenvalue weighted by atomic mass is 9.99. The summed E-state index contributed by atoms with van der Waals surface area (Å²) >= 11 is 0. The number of unbranched alkanes of at least 4 members (excludes halogenated alkanes) is 10. The molecule has 61 heavy (non-hydrogen) atoms. The summed E-state index contributed by atoms with van der Waals surface area (Å²) in [5.41, 5.74) is 0. The molecule has 6 atom stereocenters. The van der Waals surface area contributed by atoms with Gasteiger partial charge in [0, 0.05) is 12.8 Å². The molecule has 0 aromatic rings. The minimum atomic E-state index is -1.61. The SMILES string of the molecule is CC/C=C/C/C=C/C/C=C/C/C=C/C/C=C/C/C=C/CCCCCCC(=O)OCC(CO[C@H]1O[C@@H](CO)[C@@H](O)C(O)C1O)OC(=O)CC/C=C/C/C=C/CCCCCCCC. The molecule has 1 fully saturated rings. The van der Waals surface area contributed by atoms with Gasteiger partial charge in [0.15, 0.2) is 12.4 Å². The summed E-state index contributed by atoms with van der Waals surface area (Å²) in [5, 5.41) is 40.1. The van der Waals surface area contributed by atoms with Crippen LogP contribution in [0.5, 0.6) is 0 Å². The number of rotatable bonds is 37. The second-order valence-electron chi connectivity index (χ2n) is 15.5. The normalized spacial score (nSPS) is 20.7. The van der Waals surface area contributed by atoms with Gasteiger partial charge in [0.2, 0.25) is 0 Å². The molecule has 0 aliphatic carbocycles. The average Bonchev–Trinajstić information content (AvgIpc) is 3.26. The van der Waals surface area contributed by atoms with Crippen LogP contribution < -0.4 is 0 Å². The molecule has 0 bridgehead atoms. The number of allylic oxidation sites excluding steroid dienone is 16. The highest BCUT2D eigenvalue weighted by Crippen LogP contribution is 2.22. The Morgan fingerprint density at radius 2 is 1.00 bits per heavy atom. The van der Waals surface area contributed by atoms with E-state index in [1.165, 1.54) is 38.5 Å². The van der Waals surface area contributed by atoms with Crippen molar-refractivity contribution in [3.8, 4) is 0 Å². The van der Waals surface area contributed by atoms with E-state index in [0.717, 1.165) is 77.0 Å². The van der Waals surface area contributed by atoms with Gasteiger partial charge in [0.1, 0.15) is 31.0 Å². The van der Waals surface area contributed by atoms with Gasteiger partial charge in [0.05, 0.1) is 13.2 Å². The number of aliphatic hydroxyl groups excluding tert-OH is 4. The molecule has 0 spiro atoms. The number of ether oxygens (including phenoxy) is 4. The van der Waals surface area contributed by atoms with Crippen molar-refractivity contribution in [2.75, 3.05) is 19.8 Å². The lowest BCUT2D eigenvalue weighted by molar-refractivity contribution is -0.305. The molecule has 1 rings (SSSR count). The zero-order valence-electron chi connectivity index (χ0n) is 37.6. The topological polar surface area (TPSA) is 152 Å². The van der Waals surface area contributed by atoms with Crippen LogP contribution in [0.2, 0.25) is 0 Å². The Labute approximate surface area is 368 Å². The van der Waals surface area contributed by atoms with Crippen LogP contribution in [0.4, 0.5) is 0 Å². The summed E-state index contributed by atoms with van der Waals surface area (Å²) in [6, 6.07) is 0. The van der Waals surface area contributed by atoms with E-state index in [-0.39, 0.29) is 26.1 Å². The van der Waals surface area contributed by atoms with E-state index in [1.54, 1.807) is 0 Å². The van der Waals surface area contributed by atoms with Gasteiger partial charge in [-0.1, -0.05) is 156 Å². The lowest BCUT2D eigenvalue weighted by Gasteiger charge is -2.39. The van der Waals surface area contributed by atoms with Crippen molar-refractivity contribution >= 4 is 11.9 Å². The third kappa shape index (κ3) is 32.0. The van der Waals surface area contributed by atoms with E-state index in [1.807, 2.05) is 12.2 Å². The first kappa shape index (κ1) is 55.6. The molecule has 0 saturated carbocycles. The van der Waals surface area contributed by atoms with Crippen molar-refractivity contribution in [3.63, 3.8) is 0 Å². The summed E-state index contributed by atoms with van der Waals surface area (Å²) in [5.74, 6) is -0.924. The molecule has 1 heterocycles. The number of carbonyl (C=O) groups excluding carboxylic acids is 2. The van der Waals surface area contributed by atoms with Crippen molar-refractivity contribution < 1.29 is 49.0 Å². The first-order chi connectivity index (χ1) is 29.8. The fourth-order valence-corrected chi connectivity index (χ4v) is 6.30. The maximum atomic E-state index is 12.7. The molecule has 346 valence electrons. The van der Waals surface area contributed by atoms with E-state index in [9.17, 15) is 30.0 Å². The van der Waals surface area contributed by atoms with Crippen LogP contribution in [0.1, 0.15) is 155 Å². The zero-order valence-corrected chi connectivity index (χ0v) is 37.6. The van der Waals surface area contributed by atoms with Crippen molar-refractivity contribution in [2.45, 2.75) is 192 Å². The highest BCUT2D eigenvalue weighted by molar-refractivity contribution is 5.70. The molecular weight excluding hydrogens is 773 g/mol. The fourth-order valence-electron chi connectivity index (χ4n) is 6.30. The second kappa shape index (κ2) is 40.7. The molecule has 1 aliphatic heterocycles. The van der Waals surface area contributed by atoms with E-state index >= 15 is 0 Å². The third-order valence-corrected chi connectivity index (χ3v) is 9.97. The molecule has 0 aromatic carbocycles. The summed E-state index contributed by atoms with van der Waals surface area (Å²) in [6.07, 6.45) is 47.1. The minimum absolute atomic E-state index is 0.112. The Kier molecular flexibility index (Phi) is 37.1. The molecular formula is C51H82O10. The molecule has 0 aromatic heterocycles. The monoisotopic (exact) mass is 855 g/mol. The van der Waals surface area contributed by atoms with Crippen molar-refractivity contribution in [1.82, 2.24) is 0 Å². The first-order valence-corrected chi connectivity index (χ1v) is 23.3. The first-order valence-electron chi connectivity index (χ1n) is 23.3. The summed E-state index contributed by atoms with van der Waals surface area (Å²) in [6.45, 7) is 3.19. The van der Waals surface area contributed by atoms with Gasteiger partial charge in [0.25, 0.3) is 0 Å². The molecule has 10 nitrogen and oxygen atoms in total. The Hall–Kier alpha value is -3.38.